The zero-order valence-corrected chi connectivity index (χ0v) is 16.2. The van der Waals surface area contributed by atoms with E-state index in [0.29, 0.717) is 34.0 Å². The van der Waals surface area contributed by atoms with Gasteiger partial charge in [0.25, 0.3) is 16.7 Å². The zero-order chi connectivity index (χ0) is 19.3. The van der Waals surface area contributed by atoms with E-state index in [1.165, 1.54) is 22.0 Å². The molecule has 0 spiro atoms. The lowest BCUT2D eigenvalue weighted by Gasteiger charge is -2.09. The standard InChI is InChI=1S/C20H15ClN4O2S/c21-11-6-12-28-20-23-22-18(27-20)17-15-9-4-5-10-16(15)19(26)25(24-17)13-14-7-2-1-3-8-14/h1-11H,12-13H2/b11-6+. The monoisotopic (exact) mass is 410 g/mol. The largest absolute Gasteiger partial charge is 0.409 e. The van der Waals surface area contributed by atoms with Crippen LogP contribution in [-0.4, -0.2) is 25.7 Å². The summed E-state index contributed by atoms with van der Waals surface area (Å²) >= 11 is 6.90. The molecule has 2 heterocycles. The number of fused-ring (bicyclic) bond motifs is 1. The summed E-state index contributed by atoms with van der Waals surface area (Å²) in [5, 5.41) is 14.4. The van der Waals surface area contributed by atoms with Crippen molar-refractivity contribution in [1.29, 1.82) is 0 Å². The molecular formula is C20H15ClN4O2S. The topological polar surface area (TPSA) is 73.8 Å². The number of aromatic nitrogens is 4. The first-order valence-corrected chi connectivity index (χ1v) is 9.94. The van der Waals surface area contributed by atoms with Gasteiger partial charge in [0.2, 0.25) is 0 Å². The van der Waals surface area contributed by atoms with Crippen molar-refractivity contribution in [3.05, 3.63) is 82.1 Å². The van der Waals surface area contributed by atoms with Gasteiger partial charge in [-0.1, -0.05) is 78.0 Å². The van der Waals surface area contributed by atoms with Crippen LogP contribution in [0.4, 0.5) is 0 Å². The van der Waals surface area contributed by atoms with Crippen LogP contribution in [0.1, 0.15) is 5.56 Å². The van der Waals surface area contributed by atoms with Gasteiger partial charge in [-0.25, -0.2) is 4.68 Å². The van der Waals surface area contributed by atoms with Gasteiger partial charge < -0.3 is 4.42 Å². The van der Waals surface area contributed by atoms with Crippen molar-refractivity contribution in [2.24, 2.45) is 0 Å². The third-order valence-corrected chi connectivity index (χ3v) is 4.99. The van der Waals surface area contributed by atoms with E-state index in [2.05, 4.69) is 15.3 Å². The number of hydrogen-bond donors (Lipinski definition) is 0. The van der Waals surface area contributed by atoms with Gasteiger partial charge in [-0.3, -0.25) is 4.79 Å². The molecule has 0 bridgehead atoms. The third kappa shape index (κ3) is 3.85. The summed E-state index contributed by atoms with van der Waals surface area (Å²) in [6.45, 7) is 0.355. The Bertz CT molecular complexity index is 1190. The summed E-state index contributed by atoms with van der Waals surface area (Å²) in [5.41, 5.74) is 2.75. The Morgan fingerprint density at radius 3 is 2.57 bits per heavy atom. The summed E-state index contributed by atoms with van der Waals surface area (Å²) in [6.07, 6.45) is 1.78. The summed E-state index contributed by atoms with van der Waals surface area (Å²) in [5.74, 6) is 0.891. The minimum absolute atomic E-state index is 0.162. The maximum atomic E-state index is 12.9. The lowest BCUT2D eigenvalue weighted by atomic mass is 10.1. The van der Waals surface area contributed by atoms with Gasteiger partial charge in [0.15, 0.2) is 5.69 Å². The molecule has 6 nitrogen and oxygen atoms in total. The van der Waals surface area contributed by atoms with E-state index < -0.39 is 0 Å². The molecule has 8 heteroatoms. The smallest absolute Gasteiger partial charge is 0.277 e. The molecular weight excluding hydrogens is 396 g/mol. The highest BCUT2D eigenvalue weighted by atomic mass is 35.5. The van der Waals surface area contributed by atoms with Crippen molar-refractivity contribution in [3.63, 3.8) is 0 Å². The average molecular weight is 411 g/mol. The van der Waals surface area contributed by atoms with Crippen LogP contribution >= 0.6 is 23.4 Å². The van der Waals surface area contributed by atoms with Crippen LogP contribution in [0.2, 0.25) is 0 Å². The van der Waals surface area contributed by atoms with E-state index in [1.54, 1.807) is 12.1 Å². The molecule has 0 atom stereocenters. The molecule has 0 aliphatic heterocycles. The predicted molar refractivity (Wildman–Crippen MR) is 111 cm³/mol. The zero-order valence-electron chi connectivity index (χ0n) is 14.7. The number of halogens is 1. The highest BCUT2D eigenvalue weighted by Gasteiger charge is 2.17. The van der Waals surface area contributed by atoms with Gasteiger partial charge in [-0.05, 0) is 11.6 Å². The number of rotatable bonds is 6. The first kappa shape index (κ1) is 18.5. The molecule has 140 valence electrons. The molecule has 2 aromatic heterocycles. The summed E-state index contributed by atoms with van der Waals surface area (Å²) in [7, 11) is 0. The van der Waals surface area contributed by atoms with Crippen molar-refractivity contribution < 1.29 is 4.42 Å². The van der Waals surface area contributed by atoms with Crippen molar-refractivity contribution >= 4 is 34.1 Å². The van der Waals surface area contributed by atoms with E-state index in [9.17, 15) is 4.79 Å². The second-order valence-electron chi connectivity index (χ2n) is 5.89. The van der Waals surface area contributed by atoms with Crippen LogP contribution < -0.4 is 5.56 Å². The van der Waals surface area contributed by atoms with E-state index in [4.69, 9.17) is 16.0 Å². The Kier molecular flexibility index (Phi) is 5.55. The quantitative estimate of drug-likeness (QED) is 0.440. The molecule has 2 aromatic carbocycles. The summed E-state index contributed by atoms with van der Waals surface area (Å²) in [6, 6.07) is 17.0. The van der Waals surface area contributed by atoms with Gasteiger partial charge in [-0.2, -0.15) is 5.10 Å². The first-order chi connectivity index (χ1) is 13.8. The van der Waals surface area contributed by atoms with Gasteiger partial charge >= 0.3 is 0 Å². The lowest BCUT2D eigenvalue weighted by molar-refractivity contribution is 0.463. The fraction of sp³-hybridized carbons (Fsp3) is 0.100. The molecule has 0 radical (unpaired) electrons. The fourth-order valence-electron chi connectivity index (χ4n) is 2.78. The van der Waals surface area contributed by atoms with Crippen LogP contribution in [0.5, 0.6) is 0 Å². The summed E-state index contributed by atoms with van der Waals surface area (Å²) in [4.78, 5) is 12.9. The van der Waals surface area contributed by atoms with Gasteiger partial charge in [-0.15, -0.1) is 10.2 Å². The van der Waals surface area contributed by atoms with E-state index in [-0.39, 0.29) is 11.4 Å². The molecule has 28 heavy (non-hydrogen) atoms. The molecule has 0 aliphatic carbocycles. The molecule has 0 saturated heterocycles. The molecule has 4 aromatic rings. The van der Waals surface area contributed by atoms with Crippen molar-refractivity contribution in [2.45, 2.75) is 11.8 Å². The fourth-order valence-corrected chi connectivity index (χ4v) is 3.54. The lowest BCUT2D eigenvalue weighted by Crippen LogP contribution is -2.24. The second-order valence-corrected chi connectivity index (χ2v) is 7.11. The number of hydrogen-bond acceptors (Lipinski definition) is 6. The Hall–Kier alpha value is -2.90. The second kappa shape index (κ2) is 8.41. The minimum atomic E-state index is -0.162. The van der Waals surface area contributed by atoms with Crippen LogP contribution in [0.25, 0.3) is 22.4 Å². The molecule has 0 amide bonds. The average Bonchev–Trinajstić information content (AvgIpc) is 3.20. The highest BCUT2D eigenvalue weighted by Crippen LogP contribution is 2.26. The van der Waals surface area contributed by atoms with Gasteiger partial charge in [0.1, 0.15) is 0 Å². The number of thioether (sulfide) groups is 1. The van der Waals surface area contributed by atoms with Crippen molar-refractivity contribution in [3.8, 4) is 11.6 Å². The molecule has 0 fully saturated rings. The van der Waals surface area contributed by atoms with Crippen molar-refractivity contribution in [2.75, 3.05) is 5.75 Å². The van der Waals surface area contributed by atoms with Crippen LogP contribution in [-0.2, 0) is 6.54 Å². The summed E-state index contributed by atoms with van der Waals surface area (Å²) < 4.78 is 7.19. The van der Waals surface area contributed by atoms with Crippen molar-refractivity contribution in [1.82, 2.24) is 20.0 Å². The van der Waals surface area contributed by atoms with E-state index >= 15 is 0 Å². The minimum Gasteiger partial charge on any atom is -0.409 e. The van der Waals surface area contributed by atoms with Crippen LogP contribution in [0, 0.1) is 0 Å². The third-order valence-electron chi connectivity index (χ3n) is 4.04. The highest BCUT2D eigenvalue weighted by molar-refractivity contribution is 7.99. The SMILES string of the molecule is O=c1c2ccccc2c(-c2nnc(SC/C=C/Cl)o2)nn1Cc1ccccc1. The van der Waals surface area contributed by atoms with E-state index in [0.717, 1.165) is 5.56 Å². The van der Waals surface area contributed by atoms with Crippen LogP contribution in [0.3, 0.4) is 0 Å². The molecule has 0 saturated carbocycles. The van der Waals surface area contributed by atoms with Gasteiger partial charge in [0, 0.05) is 16.7 Å². The van der Waals surface area contributed by atoms with E-state index in [1.807, 2.05) is 48.5 Å². The number of benzene rings is 2. The van der Waals surface area contributed by atoms with Crippen LogP contribution in [0.15, 0.2) is 80.6 Å². The molecule has 4 rings (SSSR count). The molecule has 0 N–H and O–H groups in total. The van der Waals surface area contributed by atoms with Gasteiger partial charge in [0.05, 0.1) is 11.9 Å². The number of nitrogens with zero attached hydrogens (tertiary/aromatic N) is 4. The Morgan fingerprint density at radius 1 is 1.04 bits per heavy atom. The predicted octanol–water partition coefficient (Wildman–Crippen LogP) is 4.34. The molecule has 0 aliphatic rings. The normalized spacial score (nSPS) is 11.5. The Morgan fingerprint density at radius 2 is 1.79 bits per heavy atom. The maximum Gasteiger partial charge on any atom is 0.277 e. The first-order valence-electron chi connectivity index (χ1n) is 8.52. The molecule has 0 unspecified atom stereocenters. The Balaban J connectivity index is 1.79. The Labute approximate surface area is 169 Å². The maximum absolute atomic E-state index is 12.9.